The lowest BCUT2D eigenvalue weighted by molar-refractivity contribution is 0.626. The Balaban J connectivity index is 0. The minimum Gasteiger partial charge on any atom is -0.0988 e. The highest BCUT2D eigenvalue weighted by molar-refractivity contribution is 5.05. The fraction of sp³-hybridized carbons (Fsp3) is 0.600. The average Bonchev–Trinajstić information content (AvgIpc) is 1.89. The lowest BCUT2D eigenvalue weighted by Gasteiger charge is -1.90. The maximum Gasteiger partial charge on any atom is -0.0404 e. The summed E-state index contributed by atoms with van der Waals surface area (Å²) in [6, 6.07) is 0. The molecule has 0 bridgehead atoms. The number of hydrogen-bond acceptors (Lipinski definition) is 0. The van der Waals surface area contributed by atoms with Gasteiger partial charge in [0.15, 0.2) is 0 Å². The van der Waals surface area contributed by atoms with Crippen molar-refractivity contribution in [3.63, 3.8) is 0 Å². The molecule has 0 aromatic carbocycles. The van der Waals surface area contributed by atoms with E-state index in [1.165, 1.54) is 6.42 Å². The molecule has 0 rings (SSSR count). The van der Waals surface area contributed by atoms with E-state index in [4.69, 9.17) is 0 Å². The third kappa shape index (κ3) is 25.9. The monoisotopic (exact) mass is 140 g/mol. The summed E-state index contributed by atoms with van der Waals surface area (Å²) in [6.45, 7) is 15.6. The quantitative estimate of drug-likeness (QED) is 0.512. The highest BCUT2D eigenvalue weighted by atomic mass is 13.9. The standard InChI is InChI=1S/C5H12.C5H8/c2*1-4-5(2)3/h5H,4H2,1-3H3;4H,1-2H2,3H3. The van der Waals surface area contributed by atoms with Gasteiger partial charge >= 0.3 is 0 Å². The Hall–Kier alpha value is -0.520. The summed E-state index contributed by atoms with van der Waals surface area (Å²) in [5.74, 6) is 0.884. The Labute approximate surface area is 65.7 Å². The third-order valence-corrected chi connectivity index (χ3v) is 1.16. The van der Waals surface area contributed by atoms with Crippen molar-refractivity contribution in [1.29, 1.82) is 0 Å². The number of hydrogen-bond donors (Lipinski definition) is 0. The second kappa shape index (κ2) is 8.48. The fourth-order valence-electron chi connectivity index (χ4n) is 0. The van der Waals surface area contributed by atoms with Crippen molar-refractivity contribution in [2.75, 3.05) is 0 Å². The lowest BCUT2D eigenvalue weighted by atomic mass is 10.2. The van der Waals surface area contributed by atoms with Crippen LogP contribution >= 0.6 is 0 Å². The molecule has 0 aromatic heterocycles. The second-order valence-electron chi connectivity index (χ2n) is 2.85. The molecule has 0 aliphatic rings. The van der Waals surface area contributed by atoms with E-state index >= 15 is 0 Å². The van der Waals surface area contributed by atoms with Crippen LogP contribution in [0.4, 0.5) is 0 Å². The topological polar surface area (TPSA) is 0 Å². The summed E-state index contributed by atoms with van der Waals surface area (Å²) in [4.78, 5) is 0. The first-order chi connectivity index (χ1) is 4.54. The second-order valence-corrected chi connectivity index (χ2v) is 2.85. The van der Waals surface area contributed by atoms with Crippen molar-refractivity contribution < 1.29 is 0 Å². The van der Waals surface area contributed by atoms with Gasteiger partial charge in [-0.1, -0.05) is 52.0 Å². The summed E-state index contributed by atoms with van der Waals surface area (Å²) in [5, 5.41) is 0. The molecule has 0 N–H and O–H groups in total. The molecule has 0 atom stereocenters. The molecular weight excluding hydrogens is 120 g/mol. The van der Waals surface area contributed by atoms with E-state index in [2.05, 4.69) is 33.9 Å². The van der Waals surface area contributed by atoms with Crippen molar-refractivity contribution in [2.24, 2.45) is 5.92 Å². The van der Waals surface area contributed by atoms with Crippen molar-refractivity contribution in [3.05, 3.63) is 24.8 Å². The van der Waals surface area contributed by atoms with Crippen LogP contribution in [0.2, 0.25) is 0 Å². The van der Waals surface area contributed by atoms with Crippen molar-refractivity contribution in [3.8, 4) is 0 Å². The van der Waals surface area contributed by atoms with Crippen molar-refractivity contribution >= 4 is 0 Å². The van der Waals surface area contributed by atoms with Crippen LogP contribution < -0.4 is 0 Å². The third-order valence-electron chi connectivity index (χ3n) is 1.16. The van der Waals surface area contributed by atoms with E-state index in [-0.39, 0.29) is 0 Å². The molecular formula is C10H20. The fourth-order valence-corrected chi connectivity index (χ4v) is 0. The van der Waals surface area contributed by atoms with E-state index in [0.29, 0.717) is 0 Å². The summed E-state index contributed by atoms with van der Waals surface area (Å²) in [5.41, 5.74) is 1.02. The Bertz CT molecular complexity index is 88.2. The average molecular weight is 140 g/mol. The van der Waals surface area contributed by atoms with Crippen LogP contribution in [-0.4, -0.2) is 0 Å². The minimum atomic E-state index is 0.884. The van der Waals surface area contributed by atoms with Gasteiger partial charge in [-0.15, -0.1) is 0 Å². The van der Waals surface area contributed by atoms with Gasteiger partial charge in [0, 0.05) is 0 Å². The van der Waals surface area contributed by atoms with Crippen LogP contribution in [0.5, 0.6) is 0 Å². The van der Waals surface area contributed by atoms with Crippen molar-refractivity contribution in [2.45, 2.75) is 34.1 Å². The summed E-state index contributed by atoms with van der Waals surface area (Å²) in [6.07, 6.45) is 3.03. The molecule has 0 heterocycles. The van der Waals surface area contributed by atoms with E-state index in [1.54, 1.807) is 6.08 Å². The van der Waals surface area contributed by atoms with Crippen LogP contribution in [0.25, 0.3) is 0 Å². The summed E-state index contributed by atoms with van der Waals surface area (Å²) >= 11 is 0. The van der Waals surface area contributed by atoms with Gasteiger partial charge in [-0.05, 0) is 12.8 Å². The zero-order valence-electron chi connectivity index (χ0n) is 7.78. The Kier molecular flexibility index (Phi) is 10.3. The van der Waals surface area contributed by atoms with Crippen molar-refractivity contribution in [1.82, 2.24) is 0 Å². The predicted molar refractivity (Wildman–Crippen MR) is 50.1 cm³/mol. The Morgan fingerprint density at radius 3 is 1.70 bits per heavy atom. The van der Waals surface area contributed by atoms with Crippen LogP contribution in [0, 0.1) is 5.92 Å². The highest BCUT2D eigenvalue weighted by Crippen LogP contribution is 1.93. The molecule has 0 saturated heterocycles. The highest BCUT2D eigenvalue weighted by Gasteiger charge is 1.80. The molecule has 0 aromatic rings. The smallest absolute Gasteiger partial charge is 0.0404 e. The van der Waals surface area contributed by atoms with Gasteiger partial charge < -0.3 is 0 Å². The summed E-state index contributed by atoms with van der Waals surface area (Å²) in [7, 11) is 0. The number of rotatable bonds is 2. The van der Waals surface area contributed by atoms with Crippen LogP contribution in [-0.2, 0) is 0 Å². The molecule has 0 amide bonds. The first kappa shape index (κ1) is 12.2. The van der Waals surface area contributed by atoms with Gasteiger partial charge in [-0.2, -0.15) is 0 Å². The van der Waals surface area contributed by atoms with E-state index < -0.39 is 0 Å². The van der Waals surface area contributed by atoms with E-state index in [9.17, 15) is 0 Å². The molecule has 0 nitrogen and oxygen atoms in total. The molecule has 0 aliphatic carbocycles. The largest absolute Gasteiger partial charge is 0.0988 e. The molecule has 0 unspecified atom stereocenters. The van der Waals surface area contributed by atoms with E-state index in [1.807, 2.05) is 6.92 Å². The maximum atomic E-state index is 3.56. The zero-order valence-corrected chi connectivity index (χ0v) is 7.78. The summed E-state index contributed by atoms with van der Waals surface area (Å²) < 4.78 is 0. The van der Waals surface area contributed by atoms with Gasteiger partial charge in [-0.25, -0.2) is 0 Å². The molecule has 0 saturated carbocycles. The molecule has 0 spiro atoms. The SMILES string of the molecule is C=CC(=C)C.CCC(C)C. The van der Waals surface area contributed by atoms with Crippen LogP contribution in [0.15, 0.2) is 24.8 Å². The van der Waals surface area contributed by atoms with Gasteiger partial charge in [0.2, 0.25) is 0 Å². The van der Waals surface area contributed by atoms with E-state index in [0.717, 1.165) is 11.5 Å². The maximum absolute atomic E-state index is 3.56. The molecule has 0 fully saturated rings. The molecule has 0 heteroatoms. The van der Waals surface area contributed by atoms with Crippen LogP contribution in [0.3, 0.4) is 0 Å². The minimum absolute atomic E-state index is 0.884. The Morgan fingerprint density at radius 1 is 1.50 bits per heavy atom. The Morgan fingerprint density at radius 2 is 1.70 bits per heavy atom. The first-order valence-electron chi connectivity index (χ1n) is 3.82. The van der Waals surface area contributed by atoms with Gasteiger partial charge in [0.25, 0.3) is 0 Å². The van der Waals surface area contributed by atoms with Gasteiger partial charge in [0.1, 0.15) is 0 Å². The predicted octanol–water partition coefficient (Wildman–Crippen LogP) is 3.80. The normalized spacial score (nSPS) is 8.10. The van der Waals surface area contributed by atoms with Gasteiger partial charge in [-0.3, -0.25) is 0 Å². The molecule has 0 radical (unpaired) electrons. The molecule has 60 valence electrons. The first-order valence-corrected chi connectivity index (χ1v) is 3.82. The van der Waals surface area contributed by atoms with Crippen LogP contribution in [0.1, 0.15) is 34.1 Å². The number of allylic oxidation sites excluding steroid dienone is 2. The molecule has 0 aliphatic heterocycles. The zero-order chi connectivity index (χ0) is 8.57. The lowest BCUT2D eigenvalue weighted by Crippen LogP contribution is -1.77. The van der Waals surface area contributed by atoms with Gasteiger partial charge in [0.05, 0.1) is 0 Å². The molecule has 10 heavy (non-hydrogen) atoms.